The van der Waals surface area contributed by atoms with Gasteiger partial charge in [-0.1, -0.05) is 29.3 Å². The standard InChI is InChI=1S/C10H13Cl2NO2/c1-9(2,3)15-8(14)10(12)6-4-5-7(11)13-10/h4-6,13H,1-3H3. The molecular weight excluding hydrogens is 237 g/mol. The average molecular weight is 250 g/mol. The number of rotatable bonds is 1. The number of halogens is 2. The lowest BCUT2D eigenvalue weighted by Crippen LogP contribution is -2.48. The summed E-state index contributed by atoms with van der Waals surface area (Å²) >= 11 is 11.8. The van der Waals surface area contributed by atoms with E-state index < -0.39 is 16.6 Å². The maximum atomic E-state index is 11.7. The summed E-state index contributed by atoms with van der Waals surface area (Å²) in [5.41, 5.74) is -0.581. The molecule has 1 rings (SSSR count). The third-order valence-electron chi connectivity index (χ3n) is 1.57. The van der Waals surface area contributed by atoms with Crippen LogP contribution in [-0.4, -0.2) is 16.6 Å². The van der Waals surface area contributed by atoms with Crippen molar-refractivity contribution in [3.8, 4) is 0 Å². The average Bonchev–Trinajstić information content (AvgIpc) is 2.00. The Labute approximate surface area is 99.1 Å². The van der Waals surface area contributed by atoms with Crippen LogP contribution in [0, 0.1) is 0 Å². The summed E-state index contributed by atoms with van der Waals surface area (Å²) in [5.74, 6) is -0.570. The van der Waals surface area contributed by atoms with E-state index in [1.807, 2.05) is 0 Å². The summed E-state index contributed by atoms with van der Waals surface area (Å²) in [7, 11) is 0. The first-order valence-corrected chi connectivity index (χ1v) is 5.24. The van der Waals surface area contributed by atoms with Gasteiger partial charge in [-0.15, -0.1) is 0 Å². The van der Waals surface area contributed by atoms with E-state index in [2.05, 4.69) is 5.32 Å². The van der Waals surface area contributed by atoms with Crippen molar-refractivity contribution in [1.29, 1.82) is 0 Å². The number of dihydropyridines is 1. The number of nitrogens with one attached hydrogen (secondary N) is 1. The molecule has 0 radical (unpaired) electrons. The molecular formula is C10H13Cl2NO2. The summed E-state index contributed by atoms with van der Waals surface area (Å²) in [6.45, 7) is 5.32. The Hall–Kier alpha value is -0.670. The van der Waals surface area contributed by atoms with Crippen LogP contribution in [0.3, 0.4) is 0 Å². The molecule has 1 atom stereocenters. The molecule has 0 aromatic rings. The van der Waals surface area contributed by atoms with Crippen LogP contribution in [0.4, 0.5) is 0 Å². The number of carbonyl (C=O) groups is 1. The van der Waals surface area contributed by atoms with Gasteiger partial charge in [-0.3, -0.25) is 0 Å². The molecule has 0 saturated heterocycles. The Morgan fingerprint density at radius 1 is 1.53 bits per heavy atom. The van der Waals surface area contributed by atoms with E-state index in [9.17, 15) is 4.79 Å². The lowest BCUT2D eigenvalue weighted by Gasteiger charge is -2.29. The van der Waals surface area contributed by atoms with Crippen LogP contribution in [-0.2, 0) is 9.53 Å². The summed E-state index contributed by atoms with van der Waals surface area (Å²) in [6.07, 6.45) is 4.71. The smallest absolute Gasteiger partial charge is 0.352 e. The first-order chi connectivity index (χ1) is 6.73. The molecule has 3 nitrogen and oxygen atoms in total. The molecule has 0 saturated carbocycles. The molecule has 1 heterocycles. The van der Waals surface area contributed by atoms with Gasteiger partial charge in [0.25, 0.3) is 0 Å². The predicted octanol–water partition coefficient (Wildman–Crippen LogP) is 2.50. The normalized spacial score (nSPS) is 25.5. The van der Waals surface area contributed by atoms with Crippen LogP contribution in [0.2, 0.25) is 0 Å². The van der Waals surface area contributed by atoms with E-state index in [0.717, 1.165) is 0 Å². The van der Waals surface area contributed by atoms with Gasteiger partial charge in [-0.25, -0.2) is 4.79 Å². The van der Waals surface area contributed by atoms with Crippen LogP contribution in [0.1, 0.15) is 20.8 Å². The van der Waals surface area contributed by atoms with E-state index >= 15 is 0 Å². The van der Waals surface area contributed by atoms with Crippen LogP contribution < -0.4 is 5.32 Å². The highest BCUT2D eigenvalue weighted by Gasteiger charge is 2.38. The first kappa shape index (κ1) is 12.4. The molecule has 0 spiro atoms. The molecule has 84 valence electrons. The molecule has 0 bridgehead atoms. The van der Waals surface area contributed by atoms with Crippen LogP contribution in [0.15, 0.2) is 23.4 Å². The van der Waals surface area contributed by atoms with E-state index in [1.165, 1.54) is 6.08 Å². The SMILES string of the molecule is CC(C)(C)OC(=O)C1(Cl)C=CC=C(Cl)N1. The lowest BCUT2D eigenvalue weighted by molar-refractivity contribution is -0.157. The summed E-state index contributed by atoms with van der Waals surface area (Å²) < 4.78 is 5.16. The quantitative estimate of drug-likeness (QED) is 0.441. The van der Waals surface area contributed by atoms with Crippen molar-refractivity contribution in [2.24, 2.45) is 0 Å². The molecule has 0 aromatic heterocycles. The molecule has 1 aliphatic rings. The molecule has 1 aliphatic heterocycles. The third kappa shape index (κ3) is 3.43. The fourth-order valence-electron chi connectivity index (χ4n) is 0.994. The number of carbonyl (C=O) groups excluding carboxylic acids is 1. The van der Waals surface area contributed by atoms with Crippen molar-refractivity contribution >= 4 is 29.2 Å². The second-order valence-corrected chi connectivity index (χ2v) is 5.22. The van der Waals surface area contributed by atoms with Crippen molar-refractivity contribution in [3.63, 3.8) is 0 Å². The highest BCUT2D eigenvalue weighted by atomic mass is 35.5. The minimum absolute atomic E-state index is 0.304. The van der Waals surface area contributed by atoms with Gasteiger partial charge in [-0.05, 0) is 32.9 Å². The van der Waals surface area contributed by atoms with E-state index in [0.29, 0.717) is 5.16 Å². The van der Waals surface area contributed by atoms with Gasteiger partial charge in [-0.2, -0.15) is 0 Å². The largest absolute Gasteiger partial charge is 0.457 e. The minimum Gasteiger partial charge on any atom is -0.457 e. The topological polar surface area (TPSA) is 38.3 Å². The van der Waals surface area contributed by atoms with Crippen molar-refractivity contribution < 1.29 is 9.53 Å². The fourth-order valence-corrected chi connectivity index (χ4v) is 1.48. The van der Waals surface area contributed by atoms with Gasteiger partial charge in [0, 0.05) is 0 Å². The van der Waals surface area contributed by atoms with Crippen molar-refractivity contribution in [3.05, 3.63) is 23.4 Å². The predicted molar refractivity (Wildman–Crippen MR) is 60.6 cm³/mol. The molecule has 0 fully saturated rings. The summed E-state index contributed by atoms with van der Waals surface area (Å²) in [6, 6.07) is 0. The van der Waals surface area contributed by atoms with Gasteiger partial charge < -0.3 is 10.1 Å². The number of esters is 1. The van der Waals surface area contributed by atoms with Gasteiger partial charge >= 0.3 is 5.97 Å². The second kappa shape index (κ2) is 4.06. The second-order valence-electron chi connectivity index (χ2n) is 4.21. The van der Waals surface area contributed by atoms with E-state index in [4.69, 9.17) is 27.9 Å². The zero-order valence-electron chi connectivity index (χ0n) is 8.80. The molecule has 5 heteroatoms. The highest BCUT2D eigenvalue weighted by Crippen LogP contribution is 2.24. The zero-order valence-corrected chi connectivity index (χ0v) is 10.3. The number of allylic oxidation sites excluding steroid dienone is 2. The minimum atomic E-state index is -1.40. The number of alkyl halides is 1. The van der Waals surface area contributed by atoms with Crippen LogP contribution >= 0.6 is 23.2 Å². The Morgan fingerprint density at radius 3 is 2.60 bits per heavy atom. The number of ether oxygens (including phenoxy) is 1. The monoisotopic (exact) mass is 249 g/mol. The maximum Gasteiger partial charge on any atom is 0.352 e. The zero-order chi connectivity index (χ0) is 11.7. The Morgan fingerprint density at radius 2 is 2.13 bits per heavy atom. The molecule has 0 aliphatic carbocycles. The molecule has 0 aromatic carbocycles. The molecule has 1 N–H and O–H groups in total. The number of hydrogen-bond acceptors (Lipinski definition) is 3. The highest BCUT2D eigenvalue weighted by molar-refractivity contribution is 6.37. The summed E-state index contributed by atoms with van der Waals surface area (Å²) in [5, 5.41) is 2.95. The van der Waals surface area contributed by atoms with Crippen molar-refractivity contribution in [2.45, 2.75) is 31.4 Å². The Kier molecular flexibility index (Phi) is 3.36. The fraction of sp³-hybridized carbons (Fsp3) is 0.500. The third-order valence-corrected chi connectivity index (χ3v) is 2.16. The van der Waals surface area contributed by atoms with Crippen LogP contribution in [0.5, 0.6) is 0 Å². The lowest BCUT2D eigenvalue weighted by atomic mass is 10.1. The van der Waals surface area contributed by atoms with Crippen molar-refractivity contribution in [1.82, 2.24) is 5.32 Å². The molecule has 15 heavy (non-hydrogen) atoms. The Bertz CT molecular complexity index is 331. The first-order valence-electron chi connectivity index (χ1n) is 4.48. The van der Waals surface area contributed by atoms with Crippen LogP contribution in [0.25, 0.3) is 0 Å². The van der Waals surface area contributed by atoms with Gasteiger partial charge in [0.2, 0.25) is 5.00 Å². The van der Waals surface area contributed by atoms with E-state index in [-0.39, 0.29) is 0 Å². The maximum absolute atomic E-state index is 11.7. The van der Waals surface area contributed by atoms with Gasteiger partial charge in [0.1, 0.15) is 10.8 Å². The van der Waals surface area contributed by atoms with Gasteiger partial charge in [0.05, 0.1) is 0 Å². The van der Waals surface area contributed by atoms with Crippen molar-refractivity contribution in [2.75, 3.05) is 0 Å². The summed E-state index contributed by atoms with van der Waals surface area (Å²) in [4.78, 5) is 10.3. The number of hydrogen-bond donors (Lipinski definition) is 1. The molecule has 1 unspecified atom stereocenters. The van der Waals surface area contributed by atoms with E-state index in [1.54, 1.807) is 32.9 Å². The Balaban J connectivity index is 2.76. The van der Waals surface area contributed by atoms with Gasteiger partial charge in [0.15, 0.2) is 0 Å². The molecule has 0 amide bonds.